The molecular formula is C19H16Cl2N6O6S2. The molecule has 2 aromatic heterocycles. The van der Waals surface area contributed by atoms with Crippen LogP contribution in [-0.4, -0.2) is 53.3 Å². The van der Waals surface area contributed by atoms with Crippen LogP contribution >= 0.6 is 34.7 Å². The Labute approximate surface area is 212 Å². The summed E-state index contributed by atoms with van der Waals surface area (Å²) in [5, 5.41) is 6.84. The van der Waals surface area contributed by atoms with E-state index in [0.717, 1.165) is 16.4 Å². The van der Waals surface area contributed by atoms with Gasteiger partial charge in [-0.15, -0.1) is 0 Å². The summed E-state index contributed by atoms with van der Waals surface area (Å²) in [6.07, 6.45) is 0. The van der Waals surface area contributed by atoms with Gasteiger partial charge >= 0.3 is 16.2 Å². The Morgan fingerprint density at radius 2 is 1.91 bits per heavy atom. The SMILES string of the molecule is Cc1cc(NS(=O)(=O)NC(=O)N2C[C@H](NC(=O)c3c(-c4c(Cl)cccc4Cl)noc3C)C2=O)ns1. The number of carbonyl (C=O) groups excluding carboxylic acids is 3. The Morgan fingerprint density at radius 3 is 2.51 bits per heavy atom. The molecule has 3 N–H and O–H groups in total. The largest absolute Gasteiger partial charge is 0.360 e. The van der Waals surface area contributed by atoms with Gasteiger partial charge in [0.05, 0.1) is 16.6 Å². The number of aryl methyl sites for hydroxylation is 2. The number of hydrogen-bond donors (Lipinski definition) is 3. The molecule has 12 nitrogen and oxygen atoms in total. The zero-order valence-electron chi connectivity index (χ0n) is 18.0. The number of rotatable bonds is 6. The lowest BCUT2D eigenvalue weighted by atomic mass is 10.0. The van der Waals surface area contributed by atoms with Gasteiger partial charge in [0, 0.05) is 10.4 Å². The monoisotopic (exact) mass is 558 g/mol. The normalized spacial score (nSPS) is 15.5. The second kappa shape index (κ2) is 9.45. The van der Waals surface area contributed by atoms with Crippen molar-refractivity contribution >= 4 is 68.6 Å². The van der Waals surface area contributed by atoms with E-state index >= 15 is 0 Å². The van der Waals surface area contributed by atoms with E-state index < -0.39 is 34.1 Å². The number of likely N-dealkylation sites (tertiary alicyclic amines) is 1. The van der Waals surface area contributed by atoms with Crippen molar-refractivity contribution in [3.8, 4) is 11.3 Å². The van der Waals surface area contributed by atoms with Gasteiger partial charge in [-0.3, -0.25) is 14.5 Å². The summed E-state index contributed by atoms with van der Waals surface area (Å²) in [7, 11) is -4.32. The second-order valence-electron chi connectivity index (χ2n) is 7.37. The van der Waals surface area contributed by atoms with Crippen LogP contribution < -0.4 is 14.8 Å². The smallest absolute Gasteiger partial charge is 0.339 e. The van der Waals surface area contributed by atoms with Gasteiger partial charge in [0.15, 0.2) is 5.82 Å². The van der Waals surface area contributed by atoms with Crippen LogP contribution in [0.25, 0.3) is 11.3 Å². The zero-order chi connectivity index (χ0) is 25.5. The fourth-order valence-corrected chi connectivity index (χ4v) is 5.14. The molecule has 1 fully saturated rings. The van der Waals surface area contributed by atoms with Crippen LogP contribution in [-0.2, 0) is 15.0 Å². The minimum atomic E-state index is -4.32. The Balaban J connectivity index is 1.41. The Bertz CT molecular complexity index is 1430. The Morgan fingerprint density at radius 1 is 1.23 bits per heavy atom. The van der Waals surface area contributed by atoms with Gasteiger partial charge in [0.1, 0.15) is 23.1 Å². The number of nitrogens with zero attached hydrogens (tertiary/aromatic N) is 3. The van der Waals surface area contributed by atoms with Crippen LogP contribution in [0.4, 0.5) is 10.6 Å². The predicted molar refractivity (Wildman–Crippen MR) is 128 cm³/mol. The van der Waals surface area contributed by atoms with Crippen molar-refractivity contribution in [2.45, 2.75) is 19.9 Å². The molecule has 4 amide bonds. The third kappa shape index (κ3) is 5.10. The van der Waals surface area contributed by atoms with Crippen LogP contribution in [0, 0.1) is 13.8 Å². The van der Waals surface area contributed by atoms with E-state index in [1.54, 1.807) is 29.8 Å². The van der Waals surface area contributed by atoms with Gasteiger partial charge < -0.3 is 9.84 Å². The van der Waals surface area contributed by atoms with E-state index in [9.17, 15) is 22.8 Å². The van der Waals surface area contributed by atoms with Gasteiger partial charge in [-0.2, -0.15) is 12.8 Å². The summed E-state index contributed by atoms with van der Waals surface area (Å²) in [5.41, 5.74) is 0.388. The first-order chi connectivity index (χ1) is 16.5. The number of amides is 4. The minimum Gasteiger partial charge on any atom is -0.360 e. The molecule has 16 heteroatoms. The second-order valence-corrected chi connectivity index (χ2v) is 10.6. The Kier molecular flexibility index (Phi) is 6.73. The molecule has 0 aliphatic carbocycles. The number of imide groups is 1. The molecule has 35 heavy (non-hydrogen) atoms. The summed E-state index contributed by atoms with van der Waals surface area (Å²) in [5.74, 6) is -1.32. The van der Waals surface area contributed by atoms with Crippen molar-refractivity contribution in [2.75, 3.05) is 11.3 Å². The number of anilines is 1. The number of hydrogen-bond acceptors (Lipinski definition) is 9. The number of carbonyl (C=O) groups is 3. The number of β-lactam (4-membered cyclic amide) rings is 1. The lowest BCUT2D eigenvalue weighted by Crippen LogP contribution is -2.67. The quantitative estimate of drug-likeness (QED) is 0.388. The first-order valence-corrected chi connectivity index (χ1v) is 12.8. The molecule has 0 saturated carbocycles. The van der Waals surface area contributed by atoms with E-state index in [-0.39, 0.29) is 45.0 Å². The molecule has 0 unspecified atom stereocenters. The maximum Gasteiger partial charge on any atom is 0.339 e. The molecule has 3 aromatic rings. The molecule has 1 aliphatic heterocycles. The molecule has 0 radical (unpaired) electrons. The van der Waals surface area contributed by atoms with Crippen LogP contribution in [0.3, 0.4) is 0 Å². The standard InChI is InChI=1S/C19H16Cl2N6O6S2/c1-8-6-13(24-34-8)25-35(31,32)26-19(30)27-7-12(18(27)29)22-17(28)14-9(2)33-23-16(14)15-10(20)4-3-5-11(15)21/h3-6,12H,7H2,1-2H3,(H,22,28)(H,24,25)(H,26,30)/t12-/m0/s1. The van der Waals surface area contributed by atoms with Gasteiger partial charge in [-0.1, -0.05) is 34.4 Å². The van der Waals surface area contributed by atoms with E-state index in [0.29, 0.717) is 4.90 Å². The van der Waals surface area contributed by atoms with Crippen LogP contribution in [0.5, 0.6) is 0 Å². The first kappa shape index (κ1) is 24.9. The lowest BCUT2D eigenvalue weighted by molar-refractivity contribution is -0.138. The topological polar surface area (TPSA) is 164 Å². The zero-order valence-corrected chi connectivity index (χ0v) is 21.1. The average molecular weight is 559 g/mol. The van der Waals surface area contributed by atoms with Gasteiger partial charge in [0.2, 0.25) is 0 Å². The van der Waals surface area contributed by atoms with Crippen molar-refractivity contribution in [3.05, 3.63) is 50.5 Å². The molecule has 1 saturated heterocycles. The first-order valence-electron chi connectivity index (χ1n) is 9.77. The van der Waals surface area contributed by atoms with Crippen LogP contribution in [0.1, 0.15) is 21.0 Å². The molecule has 4 rings (SSSR count). The minimum absolute atomic E-state index is 0.0148. The summed E-state index contributed by atoms with van der Waals surface area (Å²) < 4.78 is 37.1. The molecular weight excluding hydrogens is 543 g/mol. The maximum atomic E-state index is 12.9. The van der Waals surface area contributed by atoms with Crippen LogP contribution in [0.15, 0.2) is 28.8 Å². The molecule has 0 bridgehead atoms. The summed E-state index contributed by atoms with van der Waals surface area (Å²) in [4.78, 5) is 39.0. The van der Waals surface area contributed by atoms with Gasteiger partial charge in [-0.05, 0) is 43.6 Å². The highest BCUT2D eigenvalue weighted by atomic mass is 35.5. The molecule has 1 aliphatic rings. The van der Waals surface area contributed by atoms with Gasteiger partial charge in [0.25, 0.3) is 11.8 Å². The third-order valence-electron chi connectivity index (χ3n) is 4.86. The van der Waals surface area contributed by atoms with Crippen molar-refractivity contribution in [1.82, 2.24) is 24.5 Å². The highest BCUT2D eigenvalue weighted by molar-refractivity contribution is 7.91. The number of aromatic nitrogens is 2. The van der Waals surface area contributed by atoms with Crippen molar-refractivity contribution < 1.29 is 27.3 Å². The average Bonchev–Trinajstić information content (AvgIpc) is 3.34. The molecule has 3 heterocycles. The lowest BCUT2D eigenvalue weighted by Gasteiger charge is -2.36. The highest BCUT2D eigenvalue weighted by Gasteiger charge is 2.43. The predicted octanol–water partition coefficient (Wildman–Crippen LogP) is 2.73. The number of halogens is 2. The number of nitrogens with one attached hydrogen (secondary N) is 3. The highest BCUT2D eigenvalue weighted by Crippen LogP contribution is 2.36. The maximum absolute atomic E-state index is 12.9. The summed E-state index contributed by atoms with van der Waals surface area (Å²) in [6.45, 7) is 2.97. The van der Waals surface area contributed by atoms with E-state index in [2.05, 4.69) is 19.6 Å². The molecule has 184 valence electrons. The summed E-state index contributed by atoms with van der Waals surface area (Å²) in [6, 6.07) is 3.99. The number of benzene rings is 1. The number of urea groups is 1. The molecule has 0 spiro atoms. The van der Waals surface area contributed by atoms with Crippen molar-refractivity contribution in [3.63, 3.8) is 0 Å². The molecule has 1 atom stereocenters. The van der Waals surface area contributed by atoms with Gasteiger partial charge in [-0.25, -0.2) is 14.2 Å². The van der Waals surface area contributed by atoms with E-state index in [1.165, 1.54) is 13.0 Å². The Hall–Kier alpha value is -3.20. The van der Waals surface area contributed by atoms with E-state index in [1.807, 2.05) is 0 Å². The van der Waals surface area contributed by atoms with Crippen molar-refractivity contribution in [2.24, 2.45) is 0 Å². The third-order valence-corrected chi connectivity index (χ3v) is 7.10. The van der Waals surface area contributed by atoms with Crippen LogP contribution in [0.2, 0.25) is 10.0 Å². The summed E-state index contributed by atoms with van der Waals surface area (Å²) >= 11 is 13.5. The fraction of sp³-hybridized carbons (Fsp3) is 0.211. The van der Waals surface area contributed by atoms with Crippen molar-refractivity contribution in [1.29, 1.82) is 0 Å². The molecule has 1 aromatic carbocycles. The fourth-order valence-electron chi connectivity index (χ4n) is 3.23. The van der Waals surface area contributed by atoms with E-state index in [4.69, 9.17) is 27.7 Å².